The quantitative estimate of drug-likeness (QED) is 0.709. The predicted octanol–water partition coefficient (Wildman–Crippen LogP) is 4.37. The van der Waals surface area contributed by atoms with E-state index in [4.69, 9.17) is 0 Å². The number of aryl methyl sites for hydroxylation is 2. The van der Waals surface area contributed by atoms with Crippen molar-refractivity contribution in [2.75, 3.05) is 16.8 Å². The van der Waals surface area contributed by atoms with Crippen LogP contribution in [0.2, 0.25) is 0 Å². The number of carbonyl (C=O) groups excluding carboxylic acids is 1. The van der Waals surface area contributed by atoms with E-state index in [1.54, 1.807) is 6.07 Å². The molecule has 0 fully saturated rings. The second kappa shape index (κ2) is 8.45. The van der Waals surface area contributed by atoms with Gasteiger partial charge in [0.1, 0.15) is 5.69 Å². The van der Waals surface area contributed by atoms with Gasteiger partial charge in [0, 0.05) is 24.5 Å². The lowest BCUT2D eigenvalue weighted by Crippen LogP contribution is -2.26. The van der Waals surface area contributed by atoms with Crippen LogP contribution in [0.15, 0.2) is 60.7 Å². The molecule has 0 aliphatic carbocycles. The van der Waals surface area contributed by atoms with Crippen LogP contribution in [0, 0.1) is 13.8 Å². The van der Waals surface area contributed by atoms with Crippen LogP contribution in [0.3, 0.4) is 0 Å². The zero-order valence-electron chi connectivity index (χ0n) is 15.9. The van der Waals surface area contributed by atoms with E-state index in [1.807, 2.05) is 56.3 Å². The fraction of sp³-hybridized carbons (Fsp3) is 0.227. The molecule has 0 spiro atoms. The van der Waals surface area contributed by atoms with Crippen molar-refractivity contribution in [2.24, 2.45) is 0 Å². The molecule has 3 rings (SSSR count). The van der Waals surface area contributed by atoms with Crippen LogP contribution in [-0.2, 0) is 6.54 Å². The van der Waals surface area contributed by atoms with Crippen molar-refractivity contribution >= 4 is 17.5 Å². The normalized spacial score (nSPS) is 10.5. The lowest BCUT2D eigenvalue weighted by molar-refractivity contribution is 0.102. The molecule has 27 heavy (non-hydrogen) atoms. The van der Waals surface area contributed by atoms with Crippen molar-refractivity contribution in [1.29, 1.82) is 0 Å². The highest BCUT2D eigenvalue weighted by atomic mass is 16.1. The third-order valence-corrected chi connectivity index (χ3v) is 4.35. The zero-order valence-corrected chi connectivity index (χ0v) is 15.9. The van der Waals surface area contributed by atoms with Crippen LogP contribution in [0.5, 0.6) is 0 Å². The molecule has 0 radical (unpaired) electrons. The van der Waals surface area contributed by atoms with Crippen molar-refractivity contribution in [3.05, 3.63) is 83.2 Å². The maximum Gasteiger partial charge on any atom is 0.274 e. The lowest BCUT2D eigenvalue weighted by atomic mass is 10.2. The second-order valence-corrected chi connectivity index (χ2v) is 6.46. The molecule has 0 saturated heterocycles. The molecule has 0 saturated carbocycles. The van der Waals surface area contributed by atoms with Crippen molar-refractivity contribution < 1.29 is 4.79 Å². The summed E-state index contributed by atoms with van der Waals surface area (Å²) >= 11 is 0. The molecule has 1 amide bonds. The highest BCUT2D eigenvalue weighted by Gasteiger charge is 2.15. The van der Waals surface area contributed by atoms with Crippen LogP contribution in [0.25, 0.3) is 0 Å². The molecule has 1 N–H and O–H groups in total. The summed E-state index contributed by atoms with van der Waals surface area (Å²) in [5.74, 6) is 0.336. The topological polar surface area (TPSA) is 58.1 Å². The van der Waals surface area contributed by atoms with E-state index in [0.29, 0.717) is 18.2 Å². The van der Waals surface area contributed by atoms with E-state index in [-0.39, 0.29) is 5.91 Å². The summed E-state index contributed by atoms with van der Waals surface area (Å²) in [5.41, 5.74) is 4.11. The van der Waals surface area contributed by atoms with E-state index in [9.17, 15) is 4.79 Å². The molecule has 1 aromatic heterocycles. The van der Waals surface area contributed by atoms with Gasteiger partial charge in [-0.25, -0.2) is 9.97 Å². The minimum Gasteiger partial charge on any atom is -0.337 e. The van der Waals surface area contributed by atoms with Gasteiger partial charge in [-0.15, -0.1) is 0 Å². The summed E-state index contributed by atoms with van der Waals surface area (Å²) in [6, 6.07) is 19.6. The number of aromatic nitrogens is 2. The van der Waals surface area contributed by atoms with Crippen LogP contribution in [0.1, 0.15) is 34.2 Å². The Bertz CT molecular complexity index is 925. The first-order chi connectivity index (χ1) is 13.1. The Hall–Kier alpha value is -3.21. The van der Waals surface area contributed by atoms with E-state index in [2.05, 4.69) is 39.2 Å². The third-order valence-electron chi connectivity index (χ3n) is 4.35. The van der Waals surface area contributed by atoms with Crippen molar-refractivity contribution in [1.82, 2.24) is 9.97 Å². The summed E-state index contributed by atoms with van der Waals surface area (Å²) < 4.78 is 0. The fourth-order valence-corrected chi connectivity index (χ4v) is 2.84. The molecular weight excluding hydrogens is 336 g/mol. The van der Waals surface area contributed by atoms with E-state index < -0.39 is 0 Å². The number of nitrogens with one attached hydrogen (secondary N) is 1. The SMILES string of the molecule is CCN(Cc1ccccc1)c1nc(C)cc(C(=O)Nc2ccccc2C)n1. The highest BCUT2D eigenvalue weighted by Crippen LogP contribution is 2.17. The van der Waals surface area contributed by atoms with Crippen LogP contribution >= 0.6 is 0 Å². The molecule has 0 aliphatic rings. The summed E-state index contributed by atoms with van der Waals surface area (Å²) in [6.07, 6.45) is 0. The average molecular weight is 360 g/mol. The van der Waals surface area contributed by atoms with Gasteiger partial charge in [-0.3, -0.25) is 4.79 Å². The minimum atomic E-state index is -0.230. The second-order valence-electron chi connectivity index (χ2n) is 6.46. The smallest absolute Gasteiger partial charge is 0.274 e. The number of carbonyl (C=O) groups is 1. The van der Waals surface area contributed by atoms with Crippen molar-refractivity contribution in [3.8, 4) is 0 Å². The number of nitrogens with zero attached hydrogens (tertiary/aromatic N) is 3. The molecule has 0 unspecified atom stereocenters. The van der Waals surface area contributed by atoms with Gasteiger partial charge in [0.15, 0.2) is 0 Å². The minimum absolute atomic E-state index is 0.230. The number of rotatable bonds is 6. The van der Waals surface area contributed by atoms with E-state index in [1.165, 1.54) is 5.56 Å². The number of para-hydroxylation sites is 1. The maximum absolute atomic E-state index is 12.7. The van der Waals surface area contributed by atoms with Gasteiger partial charge < -0.3 is 10.2 Å². The van der Waals surface area contributed by atoms with Gasteiger partial charge in [-0.1, -0.05) is 48.5 Å². The van der Waals surface area contributed by atoms with Gasteiger partial charge in [0.05, 0.1) is 0 Å². The Kier molecular flexibility index (Phi) is 5.81. The molecule has 0 bridgehead atoms. The number of hydrogen-bond acceptors (Lipinski definition) is 4. The molecule has 0 atom stereocenters. The highest BCUT2D eigenvalue weighted by molar-refractivity contribution is 6.03. The fourth-order valence-electron chi connectivity index (χ4n) is 2.84. The van der Waals surface area contributed by atoms with E-state index in [0.717, 1.165) is 23.5 Å². The van der Waals surface area contributed by atoms with Crippen molar-refractivity contribution in [2.45, 2.75) is 27.3 Å². The van der Waals surface area contributed by atoms with Gasteiger partial charge in [0.25, 0.3) is 5.91 Å². The molecular formula is C22H24N4O. The summed E-state index contributed by atoms with van der Waals surface area (Å²) in [7, 11) is 0. The Morgan fingerprint density at radius 2 is 1.70 bits per heavy atom. The number of amides is 1. The first-order valence-electron chi connectivity index (χ1n) is 9.08. The standard InChI is InChI=1S/C22H24N4O/c1-4-26(15-18-11-6-5-7-12-18)22-23-17(3)14-20(25-22)21(27)24-19-13-9-8-10-16(19)2/h5-14H,4,15H2,1-3H3,(H,24,27). The Balaban J connectivity index is 1.84. The molecule has 3 aromatic rings. The molecule has 138 valence electrons. The molecule has 1 heterocycles. The largest absolute Gasteiger partial charge is 0.337 e. The van der Waals surface area contributed by atoms with Gasteiger partial charge in [-0.2, -0.15) is 0 Å². The average Bonchev–Trinajstić information content (AvgIpc) is 2.68. The monoisotopic (exact) mass is 360 g/mol. The first kappa shape index (κ1) is 18.6. The van der Waals surface area contributed by atoms with E-state index >= 15 is 0 Å². The first-order valence-corrected chi connectivity index (χ1v) is 9.08. The lowest BCUT2D eigenvalue weighted by Gasteiger charge is -2.21. The zero-order chi connectivity index (χ0) is 19.2. The molecule has 2 aromatic carbocycles. The summed E-state index contributed by atoms with van der Waals surface area (Å²) in [4.78, 5) is 23.9. The number of anilines is 2. The summed E-state index contributed by atoms with van der Waals surface area (Å²) in [5, 5.41) is 2.94. The maximum atomic E-state index is 12.7. The van der Waals surface area contributed by atoms with Crippen LogP contribution in [-0.4, -0.2) is 22.4 Å². The van der Waals surface area contributed by atoms with Gasteiger partial charge >= 0.3 is 0 Å². The van der Waals surface area contributed by atoms with Gasteiger partial charge in [-0.05, 0) is 44.0 Å². The van der Waals surface area contributed by atoms with Gasteiger partial charge in [0.2, 0.25) is 5.95 Å². The van der Waals surface area contributed by atoms with Crippen molar-refractivity contribution in [3.63, 3.8) is 0 Å². The number of hydrogen-bond donors (Lipinski definition) is 1. The predicted molar refractivity (Wildman–Crippen MR) is 109 cm³/mol. The Morgan fingerprint density at radius 1 is 1.00 bits per heavy atom. The van der Waals surface area contributed by atoms with Crippen LogP contribution in [0.4, 0.5) is 11.6 Å². The third kappa shape index (κ3) is 4.70. The van der Waals surface area contributed by atoms with Crippen LogP contribution < -0.4 is 10.2 Å². The summed E-state index contributed by atoms with van der Waals surface area (Å²) in [6.45, 7) is 7.34. The molecule has 5 nitrogen and oxygen atoms in total. The molecule has 5 heteroatoms. The number of benzene rings is 2. The molecule has 0 aliphatic heterocycles. The Labute approximate surface area is 160 Å². The Morgan fingerprint density at radius 3 is 2.41 bits per heavy atom.